The number of benzene rings is 1. The minimum Gasteiger partial charge on any atom is -0.369 e. The minimum atomic E-state index is -0.617. The number of anilines is 1. The highest BCUT2D eigenvalue weighted by Gasteiger charge is 2.28. The summed E-state index contributed by atoms with van der Waals surface area (Å²) in [7, 11) is 4.29. The zero-order valence-corrected chi connectivity index (χ0v) is 21.8. The fourth-order valence-corrected chi connectivity index (χ4v) is 5.52. The molecule has 1 amide bonds. The fraction of sp³-hybridized carbons (Fsp3) is 0.500. The molecule has 9 heteroatoms. The van der Waals surface area contributed by atoms with Crippen molar-refractivity contribution in [2.24, 2.45) is 0 Å². The molecule has 1 aromatic carbocycles. The Bertz CT molecular complexity index is 1220. The number of H-pyrrole nitrogens is 1. The average Bonchev–Trinajstić information content (AvgIpc) is 3.32. The topological polar surface area (TPSA) is 77.1 Å². The van der Waals surface area contributed by atoms with Crippen LogP contribution in [0, 0.1) is 19.8 Å². The maximum atomic E-state index is 14.6. The second-order valence-electron chi connectivity index (χ2n) is 9.58. The number of halogens is 2. The lowest BCUT2D eigenvalue weighted by atomic mass is 9.89. The van der Waals surface area contributed by atoms with Crippen molar-refractivity contribution < 1.29 is 9.18 Å². The van der Waals surface area contributed by atoms with Crippen molar-refractivity contribution in [3.63, 3.8) is 0 Å². The Morgan fingerprint density at radius 1 is 1.20 bits per heavy atom. The number of carbonyl (C=O) groups is 1. The van der Waals surface area contributed by atoms with Gasteiger partial charge < -0.3 is 20.1 Å². The largest absolute Gasteiger partial charge is 0.369 e. The van der Waals surface area contributed by atoms with E-state index in [1.54, 1.807) is 13.0 Å². The van der Waals surface area contributed by atoms with Gasteiger partial charge in [-0.25, -0.2) is 9.97 Å². The number of hydrogen-bond acceptors (Lipinski definition) is 5. The molecule has 7 nitrogen and oxygen atoms in total. The van der Waals surface area contributed by atoms with Crippen molar-refractivity contribution in [3.05, 3.63) is 51.8 Å². The SMILES string of the molecule is CCN(c1cc(Cl)cc(C(=O)NCc2c(F)nc(C)c3nc[nH]c23)c1C)[C@H]1CC[C@H](N(C)C)CC1. The van der Waals surface area contributed by atoms with E-state index in [0.717, 1.165) is 43.5 Å². The molecule has 1 saturated carbocycles. The summed E-state index contributed by atoms with van der Waals surface area (Å²) in [5, 5.41) is 3.37. The molecular weight excluding hydrogens is 467 g/mol. The van der Waals surface area contributed by atoms with Crippen LogP contribution in [-0.2, 0) is 6.54 Å². The molecule has 0 atom stereocenters. The smallest absolute Gasteiger partial charge is 0.251 e. The van der Waals surface area contributed by atoms with Gasteiger partial charge >= 0.3 is 0 Å². The van der Waals surface area contributed by atoms with E-state index < -0.39 is 5.95 Å². The van der Waals surface area contributed by atoms with E-state index in [0.29, 0.717) is 39.4 Å². The molecule has 2 heterocycles. The van der Waals surface area contributed by atoms with Gasteiger partial charge in [-0.2, -0.15) is 4.39 Å². The van der Waals surface area contributed by atoms with Gasteiger partial charge in [0.15, 0.2) is 0 Å². The summed E-state index contributed by atoms with van der Waals surface area (Å²) in [5.74, 6) is -0.917. The van der Waals surface area contributed by atoms with E-state index in [-0.39, 0.29) is 18.0 Å². The number of nitrogens with one attached hydrogen (secondary N) is 2. The molecule has 0 unspecified atom stereocenters. The summed E-state index contributed by atoms with van der Waals surface area (Å²) in [6.45, 7) is 6.62. The number of hydrogen-bond donors (Lipinski definition) is 2. The van der Waals surface area contributed by atoms with Crippen molar-refractivity contribution in [1.29, 1.82) is 0 Å². The molecule has 35 heavy (non-hydrogen) atoms. The summed E-state index contributed by atoms with van der Waals surface area (Å²) in [4.78, 5) is 29.0. The first-order chi connectivity index (χ1) is 16.7. The van der Waals surface area contributed by atoms with Gasteiger partial charge in [0.1, 0.15) is 5.52 Å². The van der Waals surface area contributed by atoms with Crippen LogP contribution in [0.15, 0.2) is 18.5 Å². The third-order valence-corrected chi connectivity index (χ3v) is 7.52. The lowest BCUT2D eigenvalue weighted by Crippen LogP contribution is -2.42. The van der Waals surface area contributed by atoms with Crippen LogP contribution in [0.1, 0.15) is 59.8 Å². The van der Waals surface area contributed by atoms with Crippen LogP contribution in [0.5, 0.6) is 0 Å². The number of fused-ring (bicyclic) bond motifs is 1. The lowest BCUT2D eigenvalue weighted by Gasteiger charge is -2.40. The highest BCUT2D eigenvalue weighted by molar-refractivity contribution is 6.31. The summed E-state index contributed by atoms with van der Waals surface area (Å²) >= 11 is 6.50. The van der Waals surface area contributed by atoms with Gasteiger partial charge in [-0.05, 0) is 78.2 Å². The van der Waals surface area contributed by atoms with Crippen LogP contribution >= 0.6 is 11.6 Å². The van der Waals surface area contributed by atoms with Crippen LogP contribution in [0.2, 0.25) is 5.02 Å². The normalized spacial score (nSPS) is 18.3. The van der Waals surface area contributed by atoms with E-state index in [1.807, 2.05) is 13.0 Å². The van der Waals surface area contributed by atoms with E-state index in [4.69, 9.17) is 11.6 Å². The molecule has 1 aliphatic rings. The predicted molar refractivity (Wildman–Crippen MR) is 139 cm³/mol. The summed E-state index contributed by atoms with van der Waals surface area (Å²) < 4.78 is 14.6. The number of aromatic nitrogens is 3. The van der Waals surface area contributed by atoms with Crippen LogP contribution in [0.3, 0.4) is 0 Å². The zero-order chi connectivity index (χ0) is 25.3. The Morgan fingerprint density at radius 2 is 1.89 bits per heavy atom. The molecule has 1 fully saturated rings. The number of rotatable bonds is 7. The number of pyridine rings is 1. The summed E-state index contributed by atoms with van der Waals surface area (Å²) in [5.41, 5.74) is 4.28. The van der Waals surface area contributed by atoms with Gasteiger partial charge in [0, 0.05) is 41.4 Å². The molecule has 0 spiro atoms. The zero-order valence-electron chi connectivity index (χ0n) is 21.1. The van der Waals surface area contributed by atoms with Gasteiger partial charge in [0.2, 0.25) is 5.95 Å². The van der Waals surface area contributed by atoms with Gasteiger partial charge in [-0.15, -0.1) is 0 Å². The molecule has 0 bridgehead atoms. The summed E-state index contributed by atoms with van der Waals surface area (Å²) in [6.07, 6.45) is 6.01. The van der Waals surface area contributed by atoms with Crippen molar-refractivity contribution in [2.75, 3.05) is 25.5 Å². The third-order valence-electron chi connectivity index (χ3n) is 7.30. The molecule has 0 aliphatic heterocycles. The van der Waals surface area contributed by atoms with Crippen molar-refractivity contribution in [1.82, 2.24) is 25.2 Å². The summed E-state index contributed by atoms with van der Waals surface area (Å²) in [6, 6.07) is 4.66. The lowest BCUT2D eigenvalue weighted by molar-refractivity contribution is 0.0950. The Balaban J connectivity index is 1.56. The van der Waals surface area contributed by atoms with E-state index in [9.17, 15) is 9.18 Å². The van der Waals surface area contributed by atoms with E-state index in [2.05, 4.69) is 51.1 Å². The third kappa shape index (κ3) is 5.14. The van der Waals surface area contributed by atoms with Crippen LogP contribution in [0.4, 0.5) is 10.1 Å². The number of amides is 1. The maximum Gasteiger partial charge on any atom is 0.251 e. The van der Waals surface area contributed by atoms with Gasteiger partial charge in [0.25, 0.3) is 5.91 Å². The Hall–Kier alpha value is -2.71. The average molecular weight is 501 g/mol. The minimum absolute atomic E-state index is 0.00995. The molecule has 0 saturated heterocycles. The number of carbonyl (C=O) groups excluding carboxylic acids is 1. The van der Waals surface area contributed by atoms with Gasteiger partial charge in [0.05, 0.1) is 23.1 Å². The highest BCUT2D eigenvalue weighted by atomic mass is 35.5. The van der Waals surface area contributed by atoms with Crippen molar-refractivity contribution >= 4 is 34.2 Å². The molecule has 1 aliphatic carbocycles. The molecule has 188 valence electrons. The standard InChI is InChI=1S/C26H34ClFN6O/c1-6-34(19-9-7-18(8-10-19)33(4)5)22-12-17(27)11-20(15(22)2)26(35)29-13-21-24-23(30-14-31-24)16(3)32-25(21)28/h11-12,14,18-19H,6-10,13H2,1-5H3,(H,29,35)(H,30,31)/t18-,19-. The monoisotopic (exact) mass is 500 g/mol. The van der Waals surface area contributed by atoms with Crippen LogP contribution in [0.25, 0.3) is 11.0 Å². The first-order valence-corrected chi connectivity index (χ1v) is 12.6. The number of nitrogens with zero attached hydrogens (tertiary/aromatic N) is 4. The Labute approximate surface area is 211 Å². The van der Waals surface area contributed by atoms with Crippen LogP contribution in [-0.4, -0.2) is 58.5 Å². The first kappa shape index (κ1) is 25.4. The molecule has 2 aromatic heterocycles. The Kier molecular flexibility index (Phi) is 7.62. The van der Waals surface area contributed by atoms with E-state index >= 15 is 0 Å². The Morgan fingerprint density at radius 3 is 2.54 bits per heavy atom. The molecule has 3 aromatic rings. The van der Waals surface area contributed by atoms with Gasteiger partial charge in [-0.1, -0.05) is 11.6 Å². The second-order valence-corrected chi connectivity index (χ2v) is 10.0. The quantitative estimate of drug-likeness (QED) is 0.446. The van der Waals surface area contributed by atoms with Crippen LogP contribution < -0.4 is 10.2 Å². The van der Waals surface area contributed by atoms with Crippen molar-refractivity contribution in [3.8, 4) is 0 Å². The van der Waals surface area contributed by atoms with Gasteiger partial charge in [-0.3, -0.25) is 4.79 Å². The predicted octanol–water partition coefficient (Wildman–Crippen LogP) is 5.00. The second kappa shape index (κ2) is 10.5. The van der Waals surface area contributed by atoms with Crippen molar-refractivity contribution in [2.45, 2.75) is 65.1 Å². The number of aromatic amines is 1. The molecule has 2 N–H and O–H groups in total. The number of imidazole rings is 1. The number of aryl methyl sites for hydroxylation is 1. The highest BCUT2D eigenvalue weighted by Crippen LogP contribution is 2.34. The molecule has 4 rings (SSSR count). The molecular formula is C26H34ClFN6O. The first-order valence-electron chi connectivity index (χ1n) is 12.2. The maximum absolute atomic E-state index is 14.6. The fourth-order valence-electron chi connectivity index (χ4n) is 5.31. The molecule has 0 radical (unpaired) electrons. The van der Waals surface area contributed by atoms with E-state index in [1.165, 1.54) is 6.33 Å².